The minimum absolute atomic E-state index is 0.0225. The zero-order valence-corrected chi connectivity index (χ0v) is 17.7. The number of methoxy groups -OCH3 is 1. The monoisotopic (exact) mass is 415 g/mol. The summed E-state index contributed by atoms with van der Waals surface area (Å²) in [6, 6.07) is 12.8. The first-order chi connectivity index (χ1) is 13.9. The summed E-state index contributed by atoms with van der Waals surface area (Å²) in [5.74, 6) is 0.190. The predicted octanol–water partition coefficient (Wildman–Crippen LogP) is 4.40. The SMILES string of the molecule is COc1cc(/C=C/C(=O)OCC(=O)Nc2ccccc2SC)ccc1OC(C)C. The summed E-state index contributed by atoms with van der Waals surface area (Å²) in [7, 11) is 1.55. The second-order valence-electron chi connectivity index (χ2n) is 6.27. The van der Waals surface area contributed by atoms with Crippen LogP contribution in [0.5, 0.6) is 11.5 Å². The molecule has 0 aromatic heterocycles. The number of carbonyl (C=O) groups is 2. The Kier molecular flexibility index (Phi) is 8.61. The topological polar surface area (TPSA) is 73.9 Å². The molecule has 1 amide bonds. The number of thioether (sulfide) groups is 1. The van der Waals surface area contributed by atoms with Crippen molar-refractivity contribution in [3.8, 4) is 11.5 Å². The van der Waals surface area contributed by atoms with Crippen molar-refractivity contribution < 1.29 is 23.8 Å². The Morgan fingerprint density at radius 1 is 1.14 bits per heavy atom. The number of benzene rings is 2. The molecule has 2 rings (SSSR count). The fraction of sp³-hybridized carbons (Fsp3) is 0.273. The van der Waals surface area contributed by atoms with Crippen LogP contribution in [0.4, 0.5) is 5.69 Å². The number of rotatable bonds is 9. The number of esters is 1. The number of hydrogen-bond acceptors (Lipinski definition) is 6. The summed E-state index contributed by atoms with van der Waals surface area (Å²) >= 11 is 1.52. The molecule has 0 aliphatic heterocycles. The molecule has 0 aliphatic rings. The first kappa shape index (κ1) is 22.4. The highest BCUT2D eigenvalue weighted by Crippen LogP contribution is 2.29. The lowest BCUT2D eigenvalue weighted by molar-refractivity contribution is -0.142. The normalized spacial score (nSPS) is 10.8. The average molecular weight is 416 g/mol. The Hall–Kier alpha value is -2.93. The van der Waals surface area contributed by atoms with Crippen molar-refractivity contribution in [2.45, 2.75) is 24.8 Å². The van der Waals surface area contributed by atoms with E-state index in [1.165, 1.54) is 17.8 Å². The fourth-order valence-corrected chi connectivity index (χ4v) is 2.98. The van der Waals surface area contributed by atoms with Gasteiger partial charge in [0.2, 0.25) is 0 Å². The van der Waals surface area contributed by atoms with E-state index in [0.29, 0.717) is 17.2 Å². The van der Waals surface area contributed by atoms with Crippen LogP contribution < -0.4 is 14.8 Å². The van der Waals surface area contributed by atoms with E-state index in [9.17, 15) is 9.59 Å². The van der Waals surface area contributed by atoms with E-state index in [1.54, 1.807) is 37.5 Å². The van der Waals surface area contributed by atoms with Crippen LogP contribution in [-0.2, 0) is 14.3 Å². The lowest BCUT2D eigenvalue weighted by atomic mass is 10.2. The maximum atomic E-state index is 12.0. The van der Waals surface area contributed by atoms with Crippen molar-refractivity contribution in [1.29, 1.82) is 0 Å². The summed E-state index contributed by atoms with van der Waals surface area (Å²) in [4.78, 5) is 24.9. The highest BCUT2D eigenvalue weighted by Gasteiger charge is 2.09. The quantitative estimate of drug-likeness (QED) is 0.372. The van der Waals surface area contributed by atoms with E-state index in [0.717, 1.165) is 10.5 Å². The summed E-state index contributed by atoms with van der Waals surface area (Å²) in [5, 5.41) is 2.74. The molecule has 2 aromatic carbocycles. The molecule has 0 unspecified atom stereocenters. The van der Waals surface area contributed by atoms with Crippen LogP contribution in [0.3, 0.4) is 0 Å². The Morgan fingerprint density at radius 2 is 1.90 bits per heavy atom. The van der Waals surface area contributed by atoms with Gasteiger partial charge in [-0.3, -0.25) is 4.79 Å². The van der Waals surface area contributed by atoms with E-state index in [4.69, 9.17) is 14.2 Å². The second-order valence-corrected chi connectivity index (χ2v) is 7.11. The average Bonchev–Trinajstić information content (AvgIpc) is 2.71. The summed E-state index contributed by atoms with van der Waals surface area (Å²) < 4.78 is 16.0. The molecule has 7 heteroatoms. The molecule has 6 nitrogen and oxygen atoms in total. The molecule has 0 fully saturated rings. The molecule has 0 bridgehead atoms. The zero-order chi connectivity index (χ0) is 21.2. The molecule has 1 N–H and O–H groups in total. The summed E-state index contributed by atoms with van der Waals surface area (Å²) in [5.41, 5.74) is 1.43. The second kappa shape index (κ2) is 11.2. The van der Waals surface area contributed by atoms with Crippen molar-refractivity contribution in [3.05, 3.63) is 54.1 Å². The van der Waals surface area contributed by atoms with Gasteiger partial charge in [0.15, 0.2) is 18.1 Å². The molecule has 2 aromatic rings. The first-order valence-corrected chi connectivity index (χ1v) is 10.3. The van der Waals surface area contributed by atoms with Crippen molar-refractivity contribution >= 4 is 35.4 Å². The van der Waals surface area contributed by atoms with Gasteiger partial charge < -0.3 is 19.5 Å². The standard InChI is InChI=1S/C22H25NO5S/c1-15(2)28-18-11-9-16(13-19(18)26-3)10-12-22(25)27-14-21(24)23-17-7-5-6-8-20(17)29-4/h5-13,15H,14H2,1-4H3,(H,23,24)/b12-10+. The molecule has 0 saturated heterocycles. The first-order valence-electron chi connectivity index (χ1n) is 9.05. The fourth-order valence-electron chi connectivity index (χ4n) is 2.42. The largest absolute Gasteiger partial charge is 0.493 e. The number of ether oxygens (including phenoxy) is 3. The van der Waals surface area contributed by atoms with E-state index < -0.39 is 11.9 Å². The van der Waals surface area contributed by atoms with Crippen molar-refractivity contribution in [2.24, 2.45) is 0 Å². The van der Waals surface area contributed by atoms with E-state index >= 15 is 0 Å². The van der Waals surface area contributed by atoms with Crippen molar-refractivity contribution in [1.82, 2.24) is 0 Å². The number of hydrogen-bond donors (Lipinski definition) is 1. The van der Waals surface area contributed by atoms with Crippen LogP contribution in [0.1, 0.15) is 19.4 Å². The van der Waals surface area contributed by atoms with Gasteiger partial charge in [-0.05, 0) is 56.0 Å². The third kappa shape index (κ3) is 7.19. The van der Waals surface area contributed by atoms with Gasteiger partial charge in [-0.2, -0.15) is 0 Å². The summed E-state index contributed by atoms with van der Waals surface area (Å²) in [6.07, 6.45) is 4.80. The van der Waals surface area contributed by atoms with Gasteiger partial charge in [0, 0.05) is 11.0 Å². The molecule has 0 heterocycles. The number of carbonyl (C=O) groups excluding carboxylic acids is 2. The molecule has 29 heavy (non-hydrogen) atoms. The molecular weight excluding hydrogens is 390 g/mol. The Morgan fingerprint density at radius 3 is 2.59 bits per heavy atom. The molecule has 0 radical (unpaired) electrons. The van der Waals surface area contributed by atoms with Crippen LogP contribution in [0, 0.1) is 0 Å². The van der Waals surface area contributed by atoms with Crippen LogP contribution in [0.15, 0.2) is 53.4 Å². The van der Waals surface area contributed by atoms with Crippen LogP contribution in [0.25, 0.3) is 6.08 Å². The molecule has 154 valence electrons. The smallest absolute Gasteiger partial charge is 0.331 e. The lowest BCUT2D eigenvalue weighted by Gasteiger charge is -2.13. The minimum Gasteiger partial charge on any atom is -0.493 e. The van der Waals surface area contributed by atoms with E-state index in [-0.39, 0.29) is 12.7 Å². The lowest BCUT2D eigenvalue weighted by Crippen LogP contribution is -2.20. The van der Waals surface area contributed by atoms with Crippen LogP contribution in [-0.4, -0.2) is 38.0 Å². The highest BCUT2D eigenvalue weighted by molar-refractivity contribution is 7.98. The van der Waals surface area contributed by atoms with Gasteiger partial charge >= 0.3 is 5.97 Å². The van der Waals surface area contributed by atoms with Crippen molar-refractivity contribution in [2.75, 3.05) is 25.3 Å². The van der Waals surface area contributed by atoms with Crippen molar-refractivity contribution in [3.63, 3.8) is 0 Å². The zero-order valence-electron chi connectivity index (χ0n) is 16.9. The van der Waals surface area contributed by atoms with Gasteiger partial charge in [0.25, 0.3) is 5.91 Å². The molecule has 0 atom stereocenters. The van der Waals surface area contributed by atoms with E-state index in [1.807, 2.05) is 38.3 Å². The number of amides is 1. The van der Waals surface area contributed by atoms with Crippen LogP contribution in [0.2, 0.25) is 0 Å². The van der Waals surface area contributed by atoms with Gasteiger partial charge in [0.1, 0.15) is 0 Å². The molecular formula is C22H25NO5S. The molecule has 0 aliphatic carbocycles. The van der Waals surface area contributed by atoms with E-state index in [2.05, 4.69) is 5.32 Å². The third-order valence-corrected chi connectivity index (χ3v) is 4.48. The van der Waals surface area contributed by atoms with Crippen LogP contribution >= 0.6 is 11.8 Å². The Labute approximate surface area is 175 Å². The summed E-state index contributed by atoms with van der Waals surface area (Å²) in [6.45, 7) is 3.49. The molecule has 0 saturated carbocycles. The minimum atomic E-state index is -0.611. The number of nitrogens with one attached hydrogen (secondary N) is 1. The van der Waals surface area contributed by atoms with Gasteiger partial charge in [-0.1, -0.05) is 18.2 Å². The Balaban J connectivity index is 1.90. The Bertz CT molecular complexity index is 879. The third-order valence-electron chi connectivity index (χ3n) is 3.69. The van der Waals surface area contributed by atoms with Gasteiger partial charge in [-0.15, -0.1) is 11.8 Å². The highest BCUT2D eigenvalue weighted by atomic mass is 32.2. The maximum absolute atomic E-state index is 12.0. The molecule has 0 spiro atoms. The van der Waals surface area contributed by atoms with Gasteiger partial charge in [0.05, 0.1) is 18.9 Å². The number of anilines is 1. The predicted molar refractivity (Wildman–Crippen MR) is 116 cm³/mol. The van der Waals surface area contributed by atoms with Gasteiger partial charge in [-0.25, -0.2) is 4.79 Å². The number of para-hydroxylation sites is 1. The maximum Gasteiger partial charge on any atom is 0.331 e.